The molecule has 1 aliphatic carbocycles. The molecule has 0 amide bonds. The lowest BCUT2D eigenvalue weighted by atomic mass is 9.89. The van der Waals surface area contributed by atoms with Crippen molar-refractivity contribution in [3.05, 3.63) is 27.8 Å². The van der Waals surface area contributed by atoms with Crippen molar-refractivity contribution in [2.75, 3.05) is 20.2 Å². The first-order valence-corrected chi connectivity index (χ1v) is 7.75. The number of ether oxygens (including phenoxy) is 1. The van der Waals surface area contributed by atoms with E-state index in [2.05, 4.69) is 11.4 Å². The number of halogens is 1. The number of rotatable bonds is 3. The fraction of sp³-hybridized carbons (Fsp3) is 0.625. The van der Waals surface area contributed by atoms with Gasteiger partial charge in [0.05, 0.1) is 12.1 Å². The maximum absolute atomic E-state index is 6.54. The topological polar surface area (TPSA) is 21.3 Å². The summed E-state index contributed by atoms with van der Waals surface area (Å²) < 4.78 is 5.60. The highest BCUT2D eigenvalue weighted by Crippen LogP contribution is 2.40. The zero-order valence-corrected chi connectivity index (χ0v) is 12.4. The monoisotopic (exact) mass is 279 g/mol. The van der Waals surface area contributed by atoms with Gasteiger partial charge in [-0.2, -0.15) is 0 Å². The van der Waals surface area contributed by atoms with E-state index in [9.17, 15) is 0 Å². The molecule has 1 N–H and O–H groups in total. The van der Waals surface area contributed by atoms with Crippen molar-refractivity contribution in [1.29, 1.82) is 0 Å². The lowest BCUT2D eigenvalue weighted by molar-refractivity contribution is 0.361. The van der Waals surface area contributed by atoms with Crippen molar-refractivity contribution in [2.24, 2.45) is 5.92 Å². The molecule has 0 unspecified atom stereocenters. The predicted octanol–water partition coefficient (Wildman–Crippen LogP) is 3.38. The van der Waals surface area contributed by atoms with Gasteiger partial charge in [-0.1, -0.05) is 17.7 Å². The second-order valence-electron chi connectivity index (χ2n) is 5.77. The highest BCUT2D eigenvalue weighted by atomic mass is 35.5. The van der Waals surface area contributed by atoms with Gasteiger partial charge in [-0.25, -0.2) is 0 Å². The first-order chi connectivity index (χ1) is 9.29. The van der Waals surface area contributed by atoms with Gasteiger partial charge in [0.25, 0.3) is 0 Å². The summed E-state index contributed by atoms with van der Waals surface area (Å²) >= 11 is 6.54. The molecular formula is C16H22ClNO. The molecule has 104 valence electrons. The van der Waals surface area contributed by atoms with Crippen LogP contribution in [-0.2, 0) is 19.3 Å². The first-order valence-electron chi connectivity index (χ1n) is 7.37. The SMILES string of the molecule is COc1c(CC2CCNCC2)cc2c(c1Cl)CCC2. The number of hydrogen-bond donors (Lipinski definition) is 1. The van der Waals surface area contributed by atoms with Gasteiger partial charge in [-0.3, -0.25) is 0 Å². The van der Waals surface area contributed by atoms with Gasteiger partial charge in [0.15, 0.2) is 0 Å². The van der Waals surface area contributed by atoms with E-state index in [4.69, 9.17) is 16.3 Å². The zero-order chi connectivity index (χ0) is 13.2. The molecule has 3 rings (SSSR count). The molecule has 1 aliphatic heterocycles. The molecule has 1 saturated heterocycles. The van der Waals surface area contributed by atoms with Crippen LogP contribution in [-0.4, -0.2) is 20.2 Å². The van der Waals surface area contributed by atoms with E-state index < -0.39 is 0 Å². The summed E-state index contributed by atoms with van der Waals surface area (Å²) in [7, 11) is 1.74. The first kappa shape index (κ1) is 13.3. The Morgan fingerprint density at radius 3 is 2.84 bits per heavy atom. The predicted molar refractivity (Wildman–Crippen MR) is 79.3 cm³/mol. The van der Waals surface area contributed by atoms with Gasteiger partial charge < -0.3 is 10.1 Å². The average Bonchev–Trinajstić information content (AvgIpc) is 2.89. The maximum atomic E-state index is 6.54. The Hall–Kier alpha value is -0.730. The van der Waals surface area contributed by atoms with Crippen LogP contribution in [0.3, 0.4) is 0 Å². The van der Waals surface area contributed by atoms with Crippen LogP contribution >= 0.6 is 11.6 Å². The lowest BCUT2D eigenvalue weighted by Crippen LogP contribution is -2.28. The number of aryl methyl sites for hydroxylation is 1. The Morgan fingerprint density at radius 1 is 1.32 bits per heavy atom. The van der Waals surface area contributed by atoms with Crippen LogP contribution in [0.1, 0.15) is 36.0 Å². The Kier molecular flexibility index (Phi) is 3.99. The molecule has 0 aromatic heterocycles. The van der Waals surface area contributed by atoms with Crippen molar-refractivity contribution in [3.8, 4) is 5.75 Å². The minimum Gasteiger partial charge on any atom is -0.495 e. The molecule has 1 aromatic carbocycles. The Balaban J connectivity index is 1.89. The highest BCUT2D eigenvalue weighted by molar-refractivity contribution is 6.33. The van der Waals surface area contributed by atoms with E-state index in [1.165, 1.54) is 42.4 Å². The second kappa shape index (κ2) is 5.72. The highest BCUT2D eigenvalue weighted by Gasteiger charge is 2.23. The summed E-state index contributed by atoms with van der Waals surface area (Å²) in [5.74, 6) is 1.70. The summed E-state index contributed by atoms with van der Waals surface area (Å²) in [6.45, 7) is 2.29. The van der Waals surface area contributed by atoms with Crippen molar-refractivity contribution in [2.45, 2.75) is 38.5 Å². The lowest BCUT2D eigenvalue weighted by Gasteiger charge is -2.24. The Morgan fingerprint density at radius 2 is 2.11 bits per heavy atom. The maximum Gasteiger partial charge on any atom is 0.140 e. The third kappa shape index (κ3) is 2.61. The molecule has 0 bridgehead atoms. The third-order valence-corrected chi connectivity index (χ3v) is 4.94. The van der Waals surface area contributed by atoms with Crippen LogP contribution in [0.15, 0.2) is 6.07 Å². The van der Waals surface area contributed by atoms with E-state index in [1.807, 2.05) is 0 Å². The van der Waals surface area contributed by atoms with Crippen molar-refractivity contribution >= 4 is 11.6 Å². The Labute approximate surface area is 120 Å². The number of fused-ring (bicyclic) bond motifs is 1. The normalized spacial score (nSPS) is 19.5. The van der Waals surface area contributed by atoms with Crippen molar-refractivity contribution < 1.29 is 4.74 Å². The number of piperidine rings is 1. The smallest absolute Gasteiger partial charge is 0.140 e. The largest absolute Gasteiger partial charge is 0.495 e. The van der Waals surface area contributed by atoms with Crippen LogP contribution in [0.4, 0.5) is 0 Å². The molecule has 0 spiro atoms. The third-order valence-electron chi connectivity index (χ3n) is 4.54. The van der Waals surface area contributed by atoms with Gasteiger partial charge in [-0.15, -0.1) is 0 Å². The molecule has 0 atom stereocenters. The van der Waals surface area contributed by atoms with Gasteiger partial charge in [-0.05, 0) is 74.2 Å². The molecule has 1 heterocycles. The van der Waals surface area contributed by atoms with Gasteiger partial charge in [0, 0.05) is 0 Å². The van der Waals surface area contributed by atoms with Crippen LogP contribution < -0.4 is 10.1 Å². The van der Waals surface area contributed by atoms with Crippen LogP contribution in [0.25, 0.3) is 0 Å². The summed E-state index contributed by atoms with van der Waals surface area (Å²) in [4.78, 5) is 0. The number of methoxy groups -OCH3 is 1. The van der Waals surface area contributed by atoms with Gasteiger partial charge in [0.2, 0.25) is 0 Å². The zero-order valence-electron chi connectivity index (χ0n) is 11.6. The Bertz CT molecular complexity index is 466. The molecule has 0 radical (unpaired) electrons. The van der Waals surface area contributed by atoms with E-state index in [-0.39, 0.29) is 0 Å². The molecule has 0 saturated carbocycles. The second-order valence-corrected chi connectivity index (χ2v) is 6.15. The quantitative estimate of drug-likeness (QED) is 0.916. The van der Waals surface area contributed by atoms with Crippen LogP contribution in [0.5, 0.6) is 5.75 Å². The molecule has 1 aromatic rings. The number of hydrogen-bond acceptors (Lipinski definition) is 2. The summed E-state index contributed by atoms with van der Waals surface area (Å²) in [5.41, 5.74) is 4.10. The standard InChI is InChI=1S/C16H22ClNO/c1-19-16-13(9-11-5-7-18-8-6-11)10-12-3-2-4-14(12)15(16)17/h10-11,18H,2-9H2,1H3. The van der Waals surface area contributed by atoms with E-state index in [1.54, 1.807) is 7.11 Å². The molecule has 3 heteroatoms. The van der Waals surface area contributed by atoms with Crippen LogP contribution in [0, 0.1) is 5.92 Å². The fourth-order valence-corrected chi connectivity index (χ4v) is 3.91. The van der Waals surface area contributed by atoms with E-state index in [0.29, 0.717) is 0 Å². The molecule has 19 heavy (non-hydrogen) atoms. The summed E-state index contributed by atoms with van der Waals surface area (Å²) in [5, 5.41) is 4.30. The average molecular weight is 280 g/mol. The van der Waals surface area contributed by atoms with Gasteiger partial charge >= 0.3 is 0 Å². The summed E-state index contributed by atoms with van der Waals surface area (Å²) in [6.07, 6.45) is 7.15. The van der Waals surface area contributed by atoms with E-state index >= 15 is 0 Å². The number of benzene rings is 1. The molecular weight excluding hydrogens is 258 g/mol. The minimum atomic E-state index is 0.769. The minimum absolute atomic E-state index is 0.769. The summed E-state index contributed by atoms with van der Waals surface area (Å²) in [6, 6.07) is 2.36. The molecule has 2 nitrogen and oxygen atoms in total. The fourth-order valence-electron chi connectivity index (χ4n) is 3.50. The van der Waals surface area contributed by atoms with Crippen molar-refractivity contribution in [1.82, 2.24) is 5.32 Å². The van der Waals surface area contributed by atoms with Crippen LogP contribution in [0.2, 0.25) is 5.02 Å². The van der Waals surface area contributed by atoms with Gasteiger partial charge in [0.1, 0.15) is 5.75 Å². The number of nitrogens with one attached hydrogen (secondary N) is 1. The van der Waals surface area contributed by atoms with E-state index in [0.717, 1.165) is 42.6 Å². The van der Waals surface area contributed by atoms with Crippen molar-refractivity contribution in [3.63, 3.8) is 0 Å². The molecule has 1 fully saturated rings. The molecule has 2 aliphatic rings.